The summed E-state index contributed by atoms with van der Waals surface area (Å²) in [5, 5.41) is 3.73. The van der Waals surface area contributed by atoms with E-state index in [1.54, 1.807) is 12.1 Å². The maximum atomic E-state index is 12.9. The Hall–Kier alpha value is -1.75. The Kier molecular flexibility index (Phi) is 5.71. The molecule has 1 aromatic heterocycles. The van der Waals surface area contributed by atoms with Gasteiger partial charge in [0.05, 0.1) is 15.9 Å². The summed E-state index contributed by atoms with van der Waals surface area (Å²) < 4.78 is 52.3. The SMILES string of the molecule is CC(=O)Nc1ccc(S(=O)(=O)N2CCC(c3cccs3)S(=O)(=O)CC2)cc1. The van der Waals surface area contributed by atoms with Crippen LogP contribution in [0.5, 0.6) is 0 Å². The molecule has 0 aliphatic carbocycles. The van der Waals surface area contributed by atoms with Gasteiger partial charge in [0.1, 0.15) is 0 Å². The summed E-state index contributed by atoms with van der Waals surface area (Å²) in [5.41, 5.74) is 0.498. The van der Waals surface area contributed by atoms with Gasteiger partial charge in [0.2, 0.25) is 15.9 Å². The van der Waals surface area contributed by atoms with Crippen LogP contribution in [0.1, 0.15) is 23.5 Å². The van der Waals surface area contributed by atoms with Crippen molar-refractivity contribution in [2.75, 3.05) is 24.2 Å². The molecule has 3 rings (SSSR count). The van der Waals surface area contributed by atoms with E-state index in [1.165, 1.54) is 46.8 Å². The maximum Gasteiger partial charge on any atom is 0.243 e. The molecule has 1 fully saturated rings. The summed E-state index contributed by atoms with van der Waals surface area (Å²) in [6.45, 7) is 1.43. The number of amides is 1. The van der Waals surface area contributed by atoms with Crippen molar-refractivity contribution in [2.24, 2.45) is 0 Å². The topological polar surface area (TPSA) is 101 Å². The Morgan fingerprint density at radius 3 is 2.48 bits per heavy atom. The highest BCUT2D eigenvalue weighted by atomic mass is 32.2. The van der Waals surface area contributed by atoms with Crippen LogP contribution >= 0.6 is 11.3 Å². The van der Waals surface area contributed by atoms with Crippen molar-refractivity contribution in [1.29, 1.82) is 0 Å². The molecule has 146 valence electrons. The molecule has 7 nitrogen and oxygen atoms in total. The third kappa shape index (κ3) is 4.40. The first kappa shape index (κ1) is 20.0. The second-order valence-electron chi connectivity index (χ2n) is 6.27. The minimum Gasteiger partial charge on any atom is -0.326 e. The van der Waals surface area contributed by atoms with E-state index in [0.29, 0.717) is 5.69 Å². The van der Waals surface area contributed by atoms with E-state index < -0.39 is 25.1 Å². The first-order valence-corrected chi connectivity index (χ1v) is 12.4. The minimum absolute atomic E-state index is 0.0695. The zero-order chi connectivity index (χ0) is 19.7. The number of carbonyl (C=O) groups is 1. The summed E-state index contributed by atoms with van der Waals surface area (Å²) in [6.07, 6.45) is 0.228. The fourth-order valence-corrected chi connectivity index (χ4v) is 7.60. The van der Waals surface area contributed by atoms with E-state index in [1.807, 2.05) is 5.38 Å². The predicted octanol–water partition coefficient (Wildman–Crippen LogP) is 2.26. The van der Waals surface area contributed by atoms with Gasteiger partial charge in [-0.15, -0.1) is 11.3 Å². The van der Waals surface area contributed by atoms with E-state index in [2.05, 4.69) is 5.32 Å². The minimum atomic E-state index is -3.81. The van der Waals surface area contributed by atoms with Gasteiger partial charge >= 0.3 is 0 Å². The number of sulfonamides is 1. The average molecular weight is 429 g/mol. The van der Waals surface area contributed by atoms with Crippen molar-refractivity contribution in [3.63, 3.8) is 0 Å². The number of thiophene rings is 1. The highest BCUT2D eigenvalue weighted by Crippen LogP contribution is 2.33. The van der Waals surface area contributed by atoms with Crippen LogP contribution in [-0.2, 0) is 24.7 Å². The van der Waals surface area contributed by atoms with E-state index in [9.17, 15) is 21.6 Å². The summed E-state index contributed by atoms with van der Waals surface area (Å²) in [5.74, 6) is -0.457. The highest BCUT2D eigenvalue weighted by Gasteiger charge is 2.36. The van der Waals surface area contributed by atoms with Crippen LogP contribution in [0.3, 0.4) is 0 Å². The molecule has 0 saturated carbocycles. The number of sulfone groups is 1. The number of anilines is 1. The van der Waals surface area contributed by atoms with E-state index >= 15 is 0 Å². The molecule has 27 heavy (non-hydrogen) atoms. The molecule has 1 atom stereocenters. The Labute approximate surface area is 163 Å². The van der Waals surface area contributed by atoms with Crippen LogP contribution in [0.2, 0.25) is 0 Å². The number of nitrogens with one attached hydrogen (secondary N) is 1. The molecule has 1 saturated heterocycles. The number of hydrogen-bond acceptors (Lipinski definition) is 6. The van der Waals surface area contributed by atoms with Crippen LogP contribution in [0, 0.1) is 0 Å². The predicted molar refractivity (Wildman–Crippen MR) is 105 cm³/mol. The summed E-state index contributed by atoms with van der Waals surface area (Å²) in [7, 11) is -7.24. The van der Waals surface area contributed by atoms with Gasteiger partial charge in [0, 0.05) is 30.6 Å². The van der Waals surface area contributed by atoms with E-state index in [0.717, 1.165) is 4.88 Å². The lowest BCUT2D eigenvalue weighted by atomic mass is 10.2. The van der Waals surface area contributed by atoms with E-state index in [-0.39, 0.29) is 36.1 Å². The first-order chi connectivity index (χ1) is 12.7. The van der Waals surface area contributed by atoms with Crippen molar-refractivity contribution < 1.29 is 21.6 Å². The number of benzene rings is 1. The van der Waals surface area contributed by atoms with Gasteiger partial charge in [0.25, 0.3) is 0 Å². The van der Waals surface area contributed by atoms with Gasteiger partial charge in [-0.05, 0) is 42.1 Å². The fraction of sp³-hybridized carbons (Fsp3) is 0.353. The molecule has 0 bridgehead atoms. The molecule has 1 amide bonds. The van der Waals surface area contributed by atoms with Gasteiger partial charge in [-0.1, -0.05) is 6.07 Å². The van der Waals surface area contributed by atoms with Crippen LogP contribution < -0.4 is 5.32 Å². The summed E-state index contributed by atoms with van der Waals surface area (Å²) in [4.78, 5) is 11.9. The molecule has 2 aromatic rings. The average Bonchev–Trinajstić information content (AvgIpc) is 3.06. The first-order valence-electron chi connectivity index (χ1n) is 8.33. The lowest BCUT2D eigenvalue weighted by molar-refractivity contribution is -0.114. The van der Waals surface area contributed by atoms with Crippen molar-refractivity contribution in [3.8, 4) is 0 Å². The molecule has 1 unspecified atom stereocenters. The van der Waals surface area contributed by atoms with Gasteiger partial charge < -0.3 is 5.32 Å². The Morgan fingerprint density at radius 2 is 1.89 bits per heavy atom. The highest BCUT2D eigenvalue weighted by molar-refractivity contribution is 7.92. The van der Waals surface area contributed by atoms with Crippen LogP contribution in [-0.4, -0.2) is 45.9 Å². The van der Waals surface area contributed by atoms with Gasteiger partial charge in [0.15, 0.2) is 9.84 Å². The van der Waals surface area contributed by atoms with Crippen molar-refractivity contribution >= 4 is 42.8 Å². The second kappa shape index (κ2) is 7.70. The normalized spacial score (nSPS) is 20.7. The Morgan fingerprint density at radius 1 is 1.19 bits per heavy atom. The van der Waals surface area contributed by atoms with Crippen molar-refractivity contribution in [3.05, 3.63) is 46.7 Å². The van der Waals surface area contributed by atoms with Gasteiger partial charge in [-0.2, -0.15) is 4.31 Å². The number of hydrogen-bond donors (Lipinski definition) is 1. The zero-order valence-electron chi connectivity index (χ0n) is 14.7. The molecule has 1 aliphatic heterocycles. The molecule has 1 aromatic carbocycles. The number of rotatable bonds is 4. The third-order valence-corrected chi connectivity index (χ3v) is 9.53. The summed E-state index contributed by atoms with van der Waals surface area (Å²) >= 11 is 1.37. The maximum absolute atomic E-state index is 12.9. The third-order valence-electron chi connectivity index (χ3n) is 4.37. The summed E-state index contributed by atoms with van der Waals surface area (Å²) in [6, 6.07) is 9.42. The molecule has 0 radical (unpaired) electrons. The van der Waals surface area contributed by atoms with Gasteiger partial charge in [-0.3, -0.25) is 4.79 Å². The Bertz CT molecular complexity index is 1010. The molecular weight excluding hydrogens is 408 g/mol. The molecule has 1 aliphatic rings. The molecule has 10 heteroatoms. The molecule has 0 spiro atoms. The van der Waals surface area contributed by atoms with Crippen LogP contribution in [0.4, 0.5) is 5.69 Å². The lowest BCUT2D eigenvalue weighted by Gasteiger charge is -2.19. The van der Waals surface area contributed by atoms with E-state index in [4.69, 9.17) is 0 Å². The number of nitrogens with zero attached hydrogens (tertiary/aromatic N) is 1. The largest absolute Gasteiger partial charge is 0.326 e. The monoisotopic (exact) mass is 428 g/mol. The quantitative estimate of drug-likeness (QED) is 0.805. The Balaban J connectivity index is 1.82. The fourth-order valence-electron chi connectivity index (χ4n) is 3.02. The zero-order valence-corrected chi connectivity index (χ0v) is 17.1. The smallest absolute Gasteiger partial charge is 0.243 e. The molecular formula is C17H20N2O5S3. The van der Waals surface area contributed by atoms with Crippen molar-refractivity contribution in [2.45, 2.75) is 23.5 Å². The molecule has 1 N–H and O–H groups in total. The van der Waals surface area contributed by atoms with Crippen LogP contribution in [0.15, 0.2) is 46.7 Å². The second-order valence-corrected chi connectivity index (χ2v) is 11.5. The number of carbonyl (C=O) groups excluding carboxylic acids is 1. The van der Waals surface area contributed by atoms with Gasteiger partial charge in [-0.25, -0.2) is 16.8 Å². The van der Waals surface area contributed by atoms with Crippen molar-refractivity contribution in [1.82, 2.24) is 4.31 Å². The lowest BCUT2D eigenvalue weighted by Crippen LogP contribution is -2.33. The standard InChI is InChI=1S/C17H20N2O5S3/c1-13(20)18-14-4-6-15(7-5-14)27(23,24)19-9-8-17(16-3-2-11-25-16)26(21,22)12-10-19/h2-7,11,17H,8-10,12H2,1H3,(H,18,20). The molecule has 2 heterocycles. The van der Waals surface area contributed by atoms with Crippen LogP contribution in [0.25, 0.3) is 0 Å².